The van der Waals surface area contributed by atoms with Gasteiger partial charge in [0, 0.05) is 24.0 Å². The number of nitrogens with two attached hydrogens (primary N) is 1. The van der Waals surface area contributed by atoms with Crippen LogP contribution in [0.3, 0.4) is 0 Å². The van der Waals surface area contributed by atoms with E-state index in [1.54, 1.807) is 13.1 Å². The summed E-state index contributed by atoms with van der Waals surface area (Å²) in [4.78, 5) is 4.16. The molecule has 0 aliphatic rings. The molecular formula is C10H13BN2. The van der Waals surface area contributed by atoms with Crippen molar-refractivity contribution in [2.75, 3.05) is 12.8 Å². The average Bonchev–Trinajstić information content (AvgIpc) is 2.13. The quantitative estimate of drug-likeness (QED) is 0.401. The van der Waals surface area contributed by atoms with Crippen molar-refractivity contribution in [2.24, 2.45) is 4.99 Å². The van der Waals surface area contributed by atoms with Gasteiger partial charge < -0.3 is 5.73 Å². The molecule has 0 atom stereocenters. The van der Waals surface area contributed by atoms with Gasteiger partial charge in [0.1, 0.15) is 7.85 Å². The lowest BCUT2D eigenvalue weighted by atomic mass is 9.92. The molecule has 0 saturated heterocycles. The third kappa shape index (κ3) is 2.11. The fourth-order valence-electron chi connectivity index (χ4n) is 1.29. The van der Waals surface area contributed by atoms with Gasteiger partial charge in [0.2, 0.25) is 0 Å². The zero-order valence-electron chi connectivity index (χ0n) is 8.04. The summed E-state index contributed by atoms with van der Waals surface area (Å²) in [6, 6.07) is 5.47. The third-order valence-corrected chi connectivity index (χ3v) is 1.99. The highest BCUT2D eigenvalue weighted by atomic mass is 14.7. The van der Waals surface area contributed by atoms with Crippen LogP contribution in [0, 0.1) is 0 Å². The van der Waals surface area contributed by atoms with Gasteiger partial charge in [-0.05, 0) is 12.5 Å². The maximum atomic E-state index is 5.81. The molecule has 2 radical (unpaired) electrons. The summed E-state index contributed by atoms with van der Waals surface area (Å²) in [5.74, 6) is 0. The first-order chi connectivity index (χ1) is 6.19. The zero-order chi connectivity index (χ0) is 9.84. The summed E-state index contributed by atoms with van der Waals surface area (Å²) < 4.78 is 0. The highest BCUT2D eigenvalue weighted by Gasteiger charge is 2.04. The molecule has 1 aromatic carbocycles. The van der Waals surface area contributed by atoms with Crippen molar-refractivity contribution in [3.05, 3.63) is 23.8 Å². The van der Waals surface area contributed by atoms with Crippen LogP contribution in [0.25, 0.3) is 0 Å². The van der Waals surface area contributed by atoms with Gasteiger partial charge in [0.25, 0.3) is 0 Å². The number of benzene rings is 1. The lowest BCUT2D eigenvalue weighted by Gasteiger charge is -2.07. The first-order valence-electron chi connectivity index (χ1n) is 4.30. The van der Waals surface area contributed by atoms with Crippen LogP contribution in [0.5, 0.6) is 0 Å². The van der Waals surface area contributed by atoms with Gasteiger partial charge in [-0.2, -0.15) is 0 Å². The van der Waals surface area contributed by atoms with Crippen LogP contribution in [0.2, 0.25) is 0 Å². The molecular weight excluding hydrogens is 159 g/mol. The van der Waals surface area contributed by atoms with Crippen LogP contribution < -0.4 is 11.2 Å². The molecule has 1 aromatic rings. The average molecular weight is 172 g/mol. The lowest BCUT2D eigenvalue weighted by molar-refractivity contribution is 1.24. The summed E-state index contributed by atoms with van der Waals surface area (Å²) in [5.41, 5.74) is 9.20. The molecule has 0 aliphatic carbocycles. The summed E-state index contributed by atoms with van der Waals surface area (Å²) >= 11 is 0. The van der Waals surface area contributed by atoms with Crippen molar-refractivity contribution >= 4 is 24.7 Å². The standard InChI is InChI=1S/C10H13BN2/c1-3-10(13-2)8-6-7(11)4-5-9(8)12/h4-6H,3,12H2,1-2H3. The number of hydrogen-bond acceptors (Lipinski definition) is 2. The van der Waals surface area contributed by atoms with E-state index in [2.05, 4.69) is 4.99 Å². The Bertz CT molecular complexity index is 332. The fraction of sp³-hybridized carbons (Fsp3) is 0.300. The van der Waals surface area contributed by atoms with Gasteiger partial charge in [-0.25, -0.2) is 0 Å². The highest BCUT2D eigenvalue weighted by Crippen LogP contribution is 2.12. The van der Waals surface area contributed by atoms with E-state index in [0.717, 1.165) is 28.8 Å². The Morgan fingerprint density at radius 1 is 1.54 bits per heavy atom. The molecule has 0 spiro atoms. The van der Waals surface area contributed by atoms with Gasteiger partial charge in [-0.3, -0.25) is 4.99 Å². The van der Waals surface area contributed by atoms with Crippen LogP contribution >= 0.6 is 0 Å². The number of nitrogens with zero attached hydrogens (tertiary/aromatic N) is 1. The molecule has 3 heteroatoms. The van der Waals surface area contributed by atoms with Crippen LogP contribution in [0.4, 0.5) is 5.69 Å². The Kier molecular flexibility index (Phi) is 3.12. The SMILES string of the molecule is [B]c1ccc(N)c(C(CC)=NC)c1. The van der Waals surface area contributed by atoms with E-state index in [1.165, 1.54) is 0 Å². The van der Waals surface area contributed by atoms with E-state index in [1.807, 2.05) is 19.1 Å². The first-order valence-corrected chi connectivity index (χ1v) is 4.30. The van der Waals surface area contributed by atoms with Crippen molar-refractivity contribution in [2.45, 2.75) is 13.3 Å². The topological polar surface area (TPSA) is 38.4 Å². The third-order valence-electron chi connectivity index (χ3n) is 1.99. The van der Waals surface area contributed by atoms with E-state index in [9.17, 15) is 0 Å². The number of nitrogen functional groups attached to an aromatic ring is 1. The van der Waals surface area contributed by atoms with Gasteiger partial charge in [0.15, 0.2) is 0 Å². The van der Waals surface area contributed by atoms with E-state index >= 15 is 0 Å². The van der Waals surface area contributed by atoms with Crippen LogP contribution in [0.1, 0.15) is 18.9 Å². The van der Waals surface area contributed by atoms with E-state index in [0.29, 0.717) is 0 Å². The second-order valence-corrected chi connectivity index (χ2v) is 2.87. The highest BCUT2D eigenvalue weighted by molar-refractivity contribution is 6.33. The molecule has 0 fully saturated rings. The second-order valence-electron chi connectivity index (χ2n) is 2.87. The van der Waals surface area contributed by atoms with Crippen LogP contribution in [-0.2, 0) is 0 Å². The zero-order valence-corrected chi connectivity index (χ0v) is 8.04. The van der Waals surface area contributed by atoms with Crippen molar-refractivity contribution in [3.8, 4) is 0 Å². The molecule has 0 aromatic heterocycles. The van der Waals surface area contributed by atoms with Crippen molar-refractivity contribution in [1.82, 2.24) is 0 Å². The number of hydrogen-bond donors (Lipinski definition) is 1. The number of anilines is 1. The summed E-state index contributed by atoms with van der Waals surface area (Å²) in [5, 5.41) is 0. The number of aliphatic imine (C=N–C) groups is 1. The van der Waals surface area contributed by atoms with Gasteiger partial charge in [0.05, 0.1) is 0 Å². The molecule has 2 nitrogen and oxygen atoms in total. The minimum absolute atomic E-state index is 0.721. The molecule has 0 aliphatic heterocycles. The Balaban J connectivity index is 3.19. The maximum Gasteiger partial charge on any atom is 0.113 e. The van der Waals surface area contributed by atoms with E-state index in [-0.39, 0.29) is 0 Å². The Morgan fingerprint density at radius 2 is 2.23 bits per heavy atom. The summed E-state index contributed by atoms with van der Waals surface area (Å²) in [6.45, 7) is 2.05. The van der Waals surface area contributed by atoms with Crippen molar-refractivity contribution in [3.63, 3.8) is 0 Å². The molecule has 0 heterocycles. The molecule has 0 saturated carbocycles. The lowest BCUT2D eigenvalue weighted by Crippen LogP contribution is -2.10. The Morgan fingerprint density at radius 3 is 2.77 bits per heavy atom. The van der Waals surface area contributed by atoms with E-state index in [4.69, 9.17) is 13.6 Å². The molecule has 0 amide bonds. The first kappa shape index (κ1) is 9.84. The van der Waals surface area contributed by atoms with Crippen LogP contribution in [-0.4, -0.2) is 20.6 Å². The summed E-state index contributed by atoms with van der Waals surface area (Å²) in [7, 11) is 7.43. The molecule has 1 rings (SSSR count). The van der Waals surface area contributed by atoms with Crippen molar-refractivity contribution in [1.29, 1.82) is 0 Å². The summed E-state index contributed by atoms with van der Waals surface area (Å²) in [6.07, 6.45) is 0.865. The predicted octanol–water partition coefficient (Wildman–Crippen LogP) is 0.892. The monoisotopic (exact) mass is 172 g/mol. The molecule has 2 N–H and O–H groups in total. The minimum atomic E-state index is 0.721. The fourth-order valence-corrected chi connectivity index (χ4v) is 1.29. The predicted molar refractivity (Wildman–Crippen MR) is 59.0 cm³/mol. The maximum absolute atomic E-state index is 5.81. The van der Waals surface area contributed by atoms with E-state index < -0.39 is 0 Å². The minimum Gasteiger partial charge on any atom is -0.398 e. The van der Waals surface area contributed by atoms with Gasteiger partial charge in [-0.1, -0.05) is 24.5 Å². The van der Waals surface area contributed by atoms with Crippen molar-refractivity contribution < 1.29 is 0 Å². The molecule has 66 valence electrons. The van der Waals surface area contributed by atoms with Crippen LogP contribution in [0.15, 0.2) is 23.2 Å². The normalized spacial score (nSPS) is 11.7. The molecule has 0 unspecified atom stereocenters. The smallest absolute Gasteiger partial charge is 0.113 e. The largest absolute Gasteiger partial charge is 0.398 e. The second kappa shape index (κ2) is 4.12. The van der Waals surface area contributed by atoms with Gasteiger partial charge >= 0.3 is 0 Å². The number of rotatable bonds is 2. The Labute approximate surface area is 80.3 Å². The Hall–Kier alpha value is -1.25. The molecule has 0 bridgehead atoms. The molecule has 13 heavy (non-hydrogen) atoms. The van der Waals surface area contributed by atoms with Gasteiger partial charge in [-0.15, -0.1) is 0 Å².